The monoisotopic (exact) mass is 229 g/mol. The first-order chi connectivity index (χ1) is 6.88. The average molecular weight is 230 g/mol. The molecule has 0 fully saturated rings. The number of nitrogens with two attached hydrogens (primary N) is 1. The smallest absolute Gasteiger partial charge is 0.172 e. The number of halogens is 2. The maximum Gasteiger partial charge on any atom is 0.172 e. The number of ketones is 1. The third kappa shape index (κ3) is 2.55. The molecule has 0 atom stereocenters. The van der Waals surface area contributed by atoms with Crippen molar-refractivity contribution < 1.29 is 9.18 Å². The largest absolute Gasteiger partial charge is 0.329 e. The zero-order valence-corrected chi connectivity index (χ0v) is 9.44. The number of Topliss-reactive ketones (excluding diaryl/α,β-unsaturated/α-hetero) is 1. The van der Waals surface area contributed by atoms with Crippen molar-refractivity contribution in [3.8, 4) is 0 Å². The predicted molar refractivity (Wildman–Crippen MR) is 58.6 cm³/mol. The lowest BCUT2D eigenvalue weighted by molar-refractivity contribution is 0.0843. The summed E-state index contributed by atoms with van der Waals surface area (Å²) in [5, 5.41) is 0.273. The molecule has 0 aliphatic rings. The quantitative estimate of drug-likeness (QED) is 0.810. The Morgan fingerprint density at radius 3 is 2.60 bits per heavy atom. The summed E-state index contributed by atoms with van der Waals surface area (Å²) in [6, 6.07) is 4.00. The van der Waals surface area contributed by atoms with Gasteiger partial charge in [0, 0.05) is 17.0 Å². The van der Waals surface area contributed by atoms with Gasteiger partial charge in [-0.05, 0) is 18.2 Å². The molecule has 0 spiro atoms. The minimum Gasteiger partial charge on any atom is -0.329 e. The summed E-state index contributed by atoms with van der Waals surface area (Å²) in [7, 11) is 0. The van der Waals surface area contributed by atoms with Crippen LogP contribution in [0.25, 0.3) is 0 Å². The van der Waals surface area contributed by atoms with Gasteiger partial charge < -0.3 is 5.73 Å². The Kier molecular flexibility index (Phi) is 3.47. The first-order valence-electron chi connectivity index (χ1n) is 4.58. The van der Waals surface area contributed by atoms with Gasteiger partial charge in [0.05, 0.1) is 5.56 Å². The Morgan fingerprint density at radius 1 is 1.53 bits per heavy atom. The van der Waals surface area contributed by atoms with Crippen molar-refractivity contribution in [3.05, 3.63) is 34.6 Å². The number of carbonyl (C=O) groups excluding carboxylic acids is 1. The summed E-state index contributed by atoms with van der Waals surface area (Å²) >= 11 is 5.59. The molecule has 1 rings (SSSR count). The van der Waals surface area contributed by atoms with E-state index in [9.17, 15) is 9.18 Å². The average Bonchev–Trinajstić information content (AvgIpc) is 2.17. The van der Waals surface area contributed by atoms with Crippen molar-refractivity contribution in [2.24, 2.45) is 11.1 Å². The fourth-order valence-corrected chi connectivity index (χ4v) is 1.29. The fraction of sp³-hybridized carbons (Fsp3) is 0.364. The van der Waals surface area contributed by atoms with E-state index in [1.807, 2.05) is 0 Å². The Balaban J connectivity index is 3.12. The van der Waals surface area contributed by atoms with Gasteiger partial charge in [-0.1, -0.05) is 25.4 Å². The normalized spacial score (nSPS) is 11.5. The van der Waals surface area contributed by atoms with Gasteiger partial charge in [0.25, 0.3) is 0 Å². The van der Waals surface area contributed by atoms with E-state index < -0.39 is 11.2 Å². The minimum atomic E-state index is -0.755. The molecule has 0 unspecified atom stereocenters. The lowest BCUT2D eigenvalue weighted by atomic mass is 9.84. The van der Waals surface area contributed by atoms with Gasteiger partial charge in [-0.15, -0.1) is 0 Å². The minimum absolute atomic E-state index is 0.0369. The number of hydrogen-bond acceptors (Lipinski definition) is 2. The molecule has 0 amide bonds. The van der Waals surface area contributed by atoms with Gasteiger partial charge >= 0.3 is 0 Å². The lowest BCUT2D eigenvalue weighted by Crippen LogP contribution is -2.33. The molecule has 15 heavy (non-hydrogen) atoms. The number of hydrogen-bond donors (Lipinski definition) is 1. The van der Waals surface area contributed by atoms with Crippen molar-refractivity contribution in [1.82, 2.24) is 0 Å². The molecular weight excluding hydrogens is 217 g/mol. The molecule has 0 bridgehead atoms. The van der Waals surface area contributed by atoms with Crippen LogP contribution in [0.15, 0.2) is 18.2 Å². The van der Waals surface area contributed by atoms with E-state index in [1.165, 1.54) is 12.1 Å². The molecule has 0 radical (unpaired) electrons. The Morgan fingerprint density at radius 2 is 2.13 bits per heavy atom. The van der Waals surface area contributed by atoms with Crippen LogP contribution in [0, 0.1) is 11.2 Å². The molecular formula is C11H13ClFNO. The first-order valence-corrected chi connectivity index (χ1v) is 4.96. The highest BCUT2D eigenvalue weighted by Gasteiger charge is 2.28. The van der Waals surface area contributed by atoms with E-state index >= 15 is 0 Å². The molecule has 2 N–H and O–H groups in total. The highest BCUT2D eigenvalue weighted by Crippen LogP contribution is 2.23. The Hall–Kier alpha value is -0.930. The zero-order valence-electron chi connectivity index (χ0n) is 8.68. The third-order valence-corrected chi connectivity index (χ3v) is 2.54. The van der Waals surface area contributed by atoms with Crippen molar-refractivity contribution >= 4 is 17.4 Å². The van der Waals surface area contributed by atoms with Gasteiger partial charge in [0.1, 0.15) is 5.82 Å². The van der Waals surface area contributed by atoms with Crippen LogP contribution in [0.1, 0.15) is 24.2 Å². The van der Waals surface area contributed by atoms with Crippen LogP contribution in [-0.2, 0) is 0 Å². The van der Waals surface area contributed by atoms with E-state index in [4.69, 9.17) is 17.3 Å². The molecule has 0 saturated carbocycles. The van der Waals surface area contributed by atoms with Crippen molar-refractivity contribution in [2.75, 3.05) is 6.54 Å². The Labute approximate surface area is 93.2 Å². The van der Waals surface area contributed by atoms with Crippen molar-refractivity contribution in [3.63, 3.8) is 0 Å². The van der Waals surface area contributed by atoms with Gasteiger partial charge in [-0.2, -0.15) is 0 Å². The second-order valence-electron chi connectivity index (χ2n) is 4.04. The highest BCUT2D eigenvalue weighted by atomic mass is 35.5. The van der Waals surface area contributed by atoms with Crippen LogP contribution >= 0.6 is 11.6 Å². The summed E-state index contributed by atoms with van der Waals surface area (Å²) in [6.45, 7) is 3.54. The maximum absolute atomic E-state index is 13.4. The van der Waals surface area contributed by atoms with Crippen LogP contribution < -0.4 is 5.73 Å². The second-order valence-corrected chi connectivity index (χ2v) is 4.48. The van der Waals surface area contributed by atoms with E-state index in [0.29, 0.717) is 0 Å². The van der Waals surface area contributed by atoms with Gasteiger partial charge in [0.2, 0.25) is 0 Å². The maximum atomic E-state index is 13.4. The van der Waals surface area contributed by atoms with E-state index in [0.717, 1.165) is 6.07 Å². The SMILES string of the molecule is CC(C)(CN)C(=O)c1ccc(Cl)cc1F. The van der Waals surface area contributed by atoms with E-state index in [-0.39, 0.29) is 22.9 Å². The molecule has 4 heteroatoms. The number of carbonyl (C=O) groups is 1. The number of rotatable bonds is 3. The molecule has 1 aromatic carbocycles. The molecule has 0 aromatic heterocycles. The summed E-state index contributed by atoms with van der Waals surface area (Å²) in [5.74, 6) is -0.909. The third-order valence-electron chi connectivity index (χ3n) is 2.30. The van der Waals surface area contributed by atoms with Crippen LogP contribution in [0.3, 0.4) is 0 Å². The highest BCUT2D eigenvalue weighted by molar-refractivity contribution is 6.30. The molecule has 82 valence electrons. The molecule has 0 heterocycles. The van der Waals surface area contributed by atoms with Crippen LogP contribution in [0.4, 0.5) is 4.39 Å². The molecule has 2 nitrogen and oxygen atoms in total. The van der Waals surface area contributed by atoms with Crippen LogP contribution in [-0.4, -0.2) is 12.3 Å². The fourth-order valence-electron chi connectivity index (χ4n) is 1.13. The lowest BCUT2D eigenvalue weighted by Gasteiger charge is -2.20. The molecule has 0 aliphatic carbocycles. The summed E-state index contributed by atoms with van der Waals surface area (Å²) < 4.78 is 13.4. The van der Waals surface area contributed by atoms with Gasteiger partial charge in [0.15, 0.2) is 5.78 Å². The van der Waals surface area contributed by atoms with Crippen molar-refractivity contribution in [2.45, 2.75) is 13.8 Å². The first kappa shape index (κ1) is 12.1. The topological polar surface area (TPSA) is 43.1 Å². The van der Waals surface area contributed by atoms with E-state index in [2.05, 4.69) is 0 Å². The number of benzene rings is 1. The molecule has 0 saturated heterocycles. The van der Waals surface area contributed by atoms with Gasteiger partial charge in [-0.25, -0.2) is 4.39 Å². The zero-order chi connectivity index (χ0) is 11.6. The van der Waals surface area contributed by atoms with E-state index in [1.54, 1.807) is 13.8 Å². The summed E-state index contributed by atoms with van der Waals surface area (Å²) in [4.78, 5) is 11.9. The predicted octanol–water partition coefficient (Wildman–Crippen LogP) is 2.65. The van der Waals surface area contributed by atoms with Crippen LogP contribution in [0.5, 0.6) is 0 Å². The summed E-state index contributed by atoms with van der Waals surface area (Å²) in [6.07, 6.45) is 0. The van der Waals surface area contributed by atoms with Crippen LogP contribution in [0.2, 0.25) is 5.02 Å². The second kappa shape index (κ2) is 4.29. The van der Waals surface area contributed by atoms with Crippen molar-refractivity contribution in [1.29, 1.82) is 0 Å². The summed E-state index contributed by atoms with van der Waals surface area (Å²) in [5.41, 5.74) is 4.74. The molecule has 0 aliphatic heterocycles. The van der Waals surface area contributed by atoms with Gasteiger partial charge in [-0.3, -0.25) is 4.79 Å². The standard InChI is InChI=1S/C11H13ClFNO/c1-11(2,6-14)10(15)8-4-3-7(12)5-9(8)13/h3-5H,6,14H2,1-2H3. The Bertz CT molecular complexity index is 390. The molecule has 1 aromatic rings.